The fourth-order valence-corrected chi connectivity index (χ4v) is 3.25. The Morgan fingerprint density at radius 2 is 2.44 bits per heavy atom. The fraction of sp³-hybridized carbons (Fsp3) is 0.643. The number of piperidine rings is 1. The zero-order valence-electron chi connectivity index (χ0n) is 11.0. The maximum atomic E-state index is 11.8. The van der Waals surface area contributed by atoms with Gasteiger partial charge >= 0.3 is 0 Å². The largest absolute Gasteiger partial charge is 0.352 e. The Kier molecular flexibility index (Phi) is 5.20. The first kappa shape index (κ1) is 13.6. The maximum absolute atomic E-state index is 11.8. The Morgan fingerprint density at radius 1 is 1.56 bits per heavy atom. The third-order valence-electron chi connectivity index (χ3n) is 3.29. The van der Waals surface area contributed by atoms with Gasteiger partial charge in [0.05, 0.1) is 0 Å². The second kappa shape index (κ2) is 6.90. The third kappa shape index (κ3) is 4.42. The van der Waals surface area contributed by atoms with Gasteiger partial charge in [-0.15, -0.1) is 11.3 Å². The molecule has 2 N–H and O–H groups in total. The molecule has 100 valence electrons. The summed E-state index contributed by atoms with van der Waals surface area (Å²) >= 11 is 1.83. The van der Waals surface area contributed by atoms with E-state index < -0.39 is 0 Å². The van der Waals surface area contributed by atoms with Crippen LogP contribution in [-0.2, 0) is 11.2 Å². The van der Waals surface area contributed by atoms with E-state index >= 15 is 0 Å². The van der Waals surface area contributed by atoms with E-state index in [0.717, 1.165) is 32.4 Å². The molecule has 3 nitrogen and oxygen atoms in total. The molecule has 2 heterocycles. The van der Waals surface area contributed by atoms with E-state index in [9.17, 15) is 4.79 Å². The minimum atomic E-state index is 0.206. The molecule has 1 fully saturated rings. The molecule has 1 atom stereocenters. The number of thiophene rings is 1. The molecule has 0 saturated carbocycles. The number of hydrogen-bond donors (Lipinski definition) is 2. The number of nitrogens with one attached hydrogen (secondary N) is 2. The highest BCUT2D eigenvalue weighted by atomic mass is 32.1. The van der Waals surface area contributed by atoms with Gasteiger partial charge in [-0.05, 0) is 51.3 Å². The average Bonchev–Trinajstić information content (AvgIpc) is 2.76. The zero-order valence-corrected chi connectivity index (χ0v) is 11.8. The topological polar surface area (TPSA) is 41.1 Å². The normalized spacial score (nSPS) is 19.7. The van der Waals surface area contributed by atoms with Crippen molar-refractivity contribution in [2.24, 2.45) is 0 Å². The standard InChI is InChI=1S/C14H22N2OS/c1-11-7-8-13(18-11)5-2-6-14(17)16-12-4-3-9-15-10-12/h7-8,12,15H,2-6,9-10H2,1H3,(H,16,17). The summed E-state index contributed by atoms with van der Waals surface area (Å²) in [5.74, 6) is 0.206. The lowest BCUT2D eigenvalue weighted by molar-refractivity contribution is -0.122. The fourth-order valence-electron chi connectivity index (χ4n) is 2.32. The summed E-state index contributed by atoms with van der Waals surface area (Å²) in [6.45, 7) is 4.14. The molecule has 1 saturated heterocycles. The predicted molar refractivity (Wildman–Crippen MR) is 76.0 cm³/mol. The molecular formula is C14H22N2OS. The minimum absolute atomic E-state index is 0.206. The minimum Gasteiger partial charge on any atom is -0.352 e. The number of carbonyl (C=O) groups is 1. The SMILES string of the molecule is Cc1ccc(CCCC(=O)NC2CCCNC2)s1. The van der Waals surface area contributed by atoms with Crippen molar-refractivity contribution in [2.75, 3.05) is 13.1 Å². The van der Waals surface area contributed by atoms with Gasteiger partial charge < -0.3 is 10.6 Å². The lowest BCUT2D eigenvalue weighted by Gasteiger charge is -2.23. The van der Waals surface area contributed by atoms with Gasteiger partial charge in [-0.25, -0.2) is 0 Å². The highest BCUT2D eigenvalue weighted by Gasteiger charge is 2.14. The van der Waals surface area contributed by atoms with Gasteiger partial charge in [0.15, 0.2) is 0 Å². The molecule has 18 heavy (non-hydrogen) atoms. The summed E-state index contributed by atoms with van der Waals surface area (Å²) in [5.41, 5.74) is 0. The van der Waals surface area contributed by atoms with Gasteiger partial charge in [0.1, 0.15) is 0 Å². The Hall–Kier alpha value is -0.870. The predicted octanol–water partition coefficient (Wildman–Crippen LogP) is 2.25. The Labute approximate surface area is 113 Å². The molecule has 0 spiro atoms. The molecule has 0 radical (unpaired) electrons. The molecule has 1 aliphatic rings. The summed E-state index contributed by atoms with van der Waals surface area (Å²) in [4.78, 5) is 14.5. The Balaban J connectivity index is 1.62. The van der Waals surface area contributed by atoms with Crippen molar-refractivity contribution in [1.82, 2.24) is 10.6 Å². The number of rotatable bonds is 5. The van der Waals surface area contributed by atoms with Crippen LogP contribution in [0.4, 0.5) is 0 Å². The van der Waals surface area contributed by atoms with Gasteiger partial charge in [-0.2, -0.15) is 0 Å². The summed E-state index contributed by atoms with van der Waals surface area (Å²) in [6.07, 6.45) is 4.90. The molecule has 1 aliphatic heterocycles. The van der Waals surface area contributed by atoms with Crippen LogP contribution in [0.2, 0.25) is 0 Å². The highest BCUT2D eigenvalue weighted by molar-refractivity contribution is 7.11. The second-order valence-electron chi connectivity index (χ2n) is 4.98. The molecule has 1 aromatic heterocycles. The summed E-state index contributed by atoms with van der Waals surface area (Å²) in [7, 11) is 0. The molecule has 1 unspecified atom stereocenters. The van der Waals surface area contributed by atoms with Crippen molar-refractivity contribution in [3.63, 3.8) is 0 Å². The van der Waals surface area contributed by atoms with E-state index in [1.54, 1.807) is 0 Å². The van der Waals surface area contributed by atoms with Gasteiger partial charge in [0, 0.05) is 28.8 Å². The van der Waals surface area contributed by atoms with Crippen LogP contribution in [0.1, 0.15) is 35.4 Å². The molecular weight excluding hydrogens is 244 g/mol. The second-order valence-corrected chi connectivity index (χ2v) is 6.35. The van der Waals surface area contributed by atoms with E-state index in [1.165, 1.54) is 16.2 Å². The Bertz CT molecular complexity index is 383. The van der Waals surface area contributed by atoms with Crippen LogP contribution in [0, 0.1) is 6.92 Å². The van der Waals surface area contributed by atoms with Crippen LogP contribution in [0.15, 0.2) is 12.1 Å². The highest BCUT2D eigenvalue weighted by Crippen LogP contribution is 2.17. The van der Waals surface area contributed by atoms with Crippen LogP contribution in [-0.4, -0.2) is 25.0 Å². The van der Waals surface area contributed by atoms with E-state index in [1.807, 2.05) is 11.3 Å². The number of hydrogen-bond acceptors (Lipinski definition) is 3. The maximum Gasteiger partial charge on any atom is 0.220 e. The van der Waals surface area contributed by atoms with E-state index in [-0.39, 0.29) is 5.91 Å². The Morgan fingerprint density at radius 3 is 3.11 bits per heavy atom. The van der Waals surface area contributed by atoms with Gasteiger partial charge in [0.25, 0.3) is 0 Å². The van der Waals surface area contributed by atoms with E-state index in [4.69, 9.17) is 0 Å². The molecule has 1 aromatic rings. The van der Waals surface area contributed by atoms with Crippen molar-refractivity contribution in [2.45, 2.75) is 45.1 Å². The average molecular weight is 266 g/mol. The lowest BCUT2D eigenvalue weighted by Crippen LogP contribution is -2.45. The quantitative estimate of drug-likeness (QED) is 0.858. The number of aryl methyl sites for hydroxylation is 2. The molecule has 0 aromatic carbocycles. The molecule has 2 rings (SSSR count). The van der Waals surface area contributed by atoms with E-state index in [0.29, 0.717) is 12.5 Å². The molecule has 1 amide bonds. The summed E-state index contributed by atoms with van der Waals surface area (Å²) < 4.78 is 0. The van der Waals surface area contributed by atoms with Crippen molar-refractivity contribution < 1.29 is 4.79 Å². The van der Waals surface area contributed by atoms with Crippen molar-refractivity contribution in [3.8, 4) is 0 Å². The van der Waals surface area contributed by atoms with Crippen LogP contribution >= 0.6 is 11.3 Å². The van der Waals surface area contributed by atoms with Crippen LogP contribution < -0.4 is 10.6 Å². The van der Waals surface area contributed by atoms with Crippen LogP contribution in [0.3, 0.4) is 0 Å². The summed E-state index contributed by atoms with van der Waals surface area (Å²) in [5, 5.41) is 6.42. The number of amides is 1. The first-order valence-electron chi connectivity index (χ1n) is 6.79. The van der Waals surface area contributed by atoms with Crippen LogP contribution in [0.25, 0.3) is 0 Å². The van der Waals surface area contributed by atoms with Gasteiger partial charge in [0.2, 0.25) is 5.91 Å². The first-order chi connectivity index (χ1) is 8.74. The lowest BCUT2D eigenvalue weighted by atomic mass is 10.1. The smallest absolute Gasteiger partial charge is 0.220 e. The van der Waals surface area contributed by atoms with E-state index in [2.05, 4.69) is 29.7 Å². The van der Waals surface area contributed by atoms with Crippen molar-refractivity contribution >= 4 is 17.2 Å². The monoisotopic (exact) mass is 266 g/mol. The molecule has 0 aliphatic carbocycles. The summed E-state index contributed by atoms with van der Waals surface area (Å²) in [6, 6.07) is 4.66. The zero-order chi connectivity index (χ0) is 12.8. The third-order valence-corrected chi connectivity index (χ3v) is 4.35. The van der Waals surface area contributed by atoms with Crippen LogP contribution in [0.5, 0.6) is 0 Å². The van der Waals surface area contributed by atoms with Crippen molar-refractivity contribution in [1.29, 1.82) is 0 Å². The molecule has 0 bridgehead atoms. The van der Waals surface area contributed by atoms with Gasteiger partial charge in [-0.3, -0.25) is 4.79 Å². The first-order valence-corrected chi connectivity index (χ1v) is 7.61. The van der Waals surface area contributed by atoms with Crippen molar-refractivity contribution in [3.05, 3.63) is 21.9 Å². The molecule has 4 heteroatoms. The number of carbonyl (C=O) groups excluding carboxylic acids is 1. The van der Waals surface area contributed by atoms with Gasteiger partial charge in [-0.1, -0.05) is 0 Å².